The topological polar surface area (TPSA) is 85.3 Å². The maximum atomic E-state index is 10.8. The van der Waals surface area contributed by atoms with Crippen LogP contribution in [0.1, 0.15) is 17.3 Å². The molecule has 0 aliphatic carbocycles. The van der Waals surface area contributed by atoms with Crippen molar-refractivity contribution in [3.63, 3.8) is 0 Å². The number of aromatic nitrogens is 5. The van der Waals surface area contributed by atoms with Crippen molar-refractivity contribution >= 4 is 17.7 Å². The highest BCUT2D eigenvalue weighted by Crippen LogP contribution is 2.19. The van der Waals surface area contributed by atoms with Gasteiger partial charge in [0, 0.05) is 12.3 Å². The van der Waals surface area contributed by atoms with Gasteiger partial charge in [0.15, 0.2) is 5.82 Å². The number of imidazole rings is 1. The predicted octanol–water partition coefficient (Wildman–Crippen LogP) is 1.63. The minimum Gasteiger partial charge on any atom is -0.478 e. The zero-order chi connectivity index (χ0) is 15.0. The molecule has 0 aromatic carbocycles. The lowest BCUT2D eigenvalue weighted by molar-refractivity contribution is -0.131. The largest absolute Gasteiger partial charge is 0.478 e. The first-order valence-electron chi connectivity index (χ1n) is 6.35. The van der Waals surface area contributed by atoms with E-state index in [2.05, 4.69) is 15.1 Å². The van der Waals surface area contributed by atoms with Crippen LogP contribution in [0.15, 0.2) is 30.5 Å². The molecule has 0 saturated carbocycles. The molecule has 0 aliphatic rings. The fraction of sp³-hybridized carbons (Fsp3) is 0.143. The highest BCUT2D eigenvalue weighted by Gasteiger charge is 2.15. The van der Waals surface area contributed by atoms with E-state index in [0.717, 1.165) is 6.08 Å². The zero-order valence-corrected chi connectivity index (χ0v) is 11.6. The van der Waals surface area contributed by atoms with Gasteiger partial charge >= 0.3 is 5.97 Å². The van der Waals surface area contributed by atoms with Gasteiger partial charge in [-0.25, -0.2) is 14.8 Å². The number of carbonyl (C=O) groups is 1. The van der Waals surface area contributed by atoms with E-state index in [1.807, 2.05) is 35.7 Å². The number of carboxylic acid groups (broad SMARTS) is 1. The van der Waals surface area contributed by atoms with Crippen LogP contribution in [0.3, 0.4) is 0 Å². The van der Waals surface area contributed by atoms with E-state index in [-0.39, 0.29) is 0 Å². The molecule has 0 atom stereocenters. The molecule has 0 amide bonds. The van der Waals surface area contributed by atoms with Gasteiger partial charge in [-0.1, -0.05) is 6.07 Å². The average molecular weight is 283 g/mol. The van der Waals surface area contributed by atoms with Crippen molar-refractivity contribution in [2.45, 2.75) is 13.8 Å². The first-order valence-corrected chi connectivity index (χ1v) is 6.35. The van der Waals surface area contributed by atoms with Crippen LogP contribution >= 0.6 is 0 Å². The second-order valence-electron chi connectivity index (χ2n) is 4.54. The third-order valence-corrected chi connectivity index (χ3v) is 3.01. The number of nitrogens with zero attached hydrogens (tertiary/aromatic N) is 5. The van der Waals surface area contributed by atoms with Crippen LogP contribution in [0.5, 0.6) is 0 Å². The molecule has 0 bridgehead atoms. The summed E-state index contributed by atoms with van der Waals surface area (Å²) in [4.78, 5) is 19.6. The Kier molecular flexibility index (Phi) is 3.02. The highest BCUT2D eigenvalue weighted by atomic mass is 16.4. The van der Waals surface area contributed by atoms with Gasteiger partial charge in [-0.15, -0.1) is 5.10 Å². The molecule has 7 heteroatoms. The number of aliphatic carboxylic acids is 1. The van der Waals surface area contributed by atoms with E-state index < -0.39 is 5.97 Å². The van der Waals surface area contributed by atoms with Gasteiger partial charge in [0.25, 0.3) is 0 Å². The van der Waals surface area contributed by atoms with Crippen molar-refractivity contribution in [2.24, 2.45) is 0 Å². The van der Waals surface area contributed by atoms with Crippen LogP contribution in [-0.2, 0) is 4.79 Å². The van der Waals surface area contributed by atoms with E-state index in [1.54, 1.807) is 11.6 Å². The minimum atomic E-state index is -1.02. The summed E-state index contributed by atoms with van der Waals surface area (Å²) in [5, 5.41) is 13.2. The summed E-state index contributed by atoms with van der Waals surface area (Å²) in [5.41, 5.74) is 1.35. The van der Waals surface area contributed by atoms with Gasteiger partial charge in [-0.3, -0.25) is 4.40 Å². The molecule has 0 aliphatic heterocycles. The van der Waals surface area contributed by atoms with Gasteiger partial charge in [-0.05, 0) is 32.1 Å². The normalized spacial score (nSPS) is 11.5. The monoisotopic (exact) mass is 283 g/mol. The van der Waals surface area contributed by atoms with Crippen LogP contribution in [0.4, 0.5) is 0 Å². The summed E-state index contributed by atoms with van der Waals surface area (Å²) >= 11 is 0. The fourth-order valence-electron chi connectivity index (χ4n) is 2.18. The zero-order valence-electron chi connectivity index (χ0n) is 11.6. The summed E-state index contributed by atoms with van der Waals surface area (Å²) in [7, 11) is 0. The van der Waals surface area contributed by atoms with E-state index in [0.29, 0.717) is 28.8 Å². The second kappa shape index (κ2) is 4.86. The van der Waals surface area contributed by atoms with Crippen LogP contribution in [-0.4, -0.2) is 35.2 Å². The van der Waals surface area contributed by atoms with Crippen molar-refractivity contribution in [3.8, 4) is 5.82 Å². The van der Waals surface area contributed by atoms with Gasteiger partial charge in [0.05, 0.1) is 5.69 Å². The number of carboxylic acids is 1. The molecular formula is C14H13N5O2. The van der Waals surface area contributed by atoms with Crippen molar-refractivity contribution < 1.29 is 9.90 Å². The summed E-state index contributed by atoms with van der Waals surface area (Å²) in [6, 6.07) is 5.58. The first kappa shape index (κ1) is 13.0. The van der Waals surface area contributed by atoms with E-state index in [9.17, 15) is 4.79 Å². The Bertz CT molecular complexity index is 860. The minimum absolute atomic E-state index is 0.553. The summed E-state index contributed by atoms with van der Waals surface area (Å²) in [6.07, 6.45) is 4.42. The molecule has 3 heterocycles. The van der Waals surface area contributed by atoms with Gasteiger partial charge < -0.3 is 5.11 Å². The van der Waals surface area contributed by atoms with Crippen LogP contribution < -0.4 is 0 Å². The number of hydrogen-bond donors (Lipinski definition) is 1. The van der Waals surface area contributed by atoms with E-state index >= 15 is 0 Å². The Morgan fingerprint density at radius 2 is 2.10 bits per heavy atom. The summed E-state index contributed by atoms with van der Waals surface area (Å²) in [5.74, 6) is 0.869. The number of rotatable bonds is 3. The van der Waals surface area contributed by atoms with Gasteiger partial charge in [-0.2, -0.15) is 4.68 Å². The molecule has 0 radical (unpaired) electrons. The standard InChI is InChI=1S/C14H13N5O2/c1-9-15-10(2)19(17-9)14-11(6-7-13(20)21)18-8-4-3-5-12(18)16-14/h3-8H,1-2H3,(H,20,21). The lowest BCUT2D eigenvalue weighted by Crippen LogP contribution is -2.02. The summed E-state index contributed by atoms with van der Waals surface area (Å²) < 4.78 is 3.43. The Labute approximate surface area is 120 Å². The molecule has 3 rings (SSSR count). The molecule has 7 nitrogen and oxygen atoms in total. The highest BCUT2D eigenvalue weighted by molar-refractivity contribution is 5.86. The van der Waals surface area contributed by atoms with Gasteiger partial charge in [0.2, 0.25) is 0 Å². The smallest absolute Gasteiger partial charge is 0.328 e. The maximum absolute atomic E-state index is 10.8. The van der Waals surface area contributed by atoms with Crippen LogP contribution in [0, 0.1) is 13.8 Å². The molecule has 106 valence electrons. The fourth-order valence-corrected chi connectivity index (χ4v) is 2.18. The number of aryl methyl sites for hydroxylation is 2. The van der Waals surface area contributed by atoms with Crippen molar-refractivity contribution in [1.82, 2.24) is 24.1 Å². The molecule has 0 spiro atoms. The van der Waals surface area contributed by atoms with Gasteiger partial charge in [0.1, 0.15) is 17.3 Å². The Balaban J connectivity index is 2.28. The van der Waals surface area contributed by atoms with Crippen LogP contribution in [0.2, 0.25) is 0 Å². The second-order valence-corrected chi connectivity index (χ2v) is 4.54. The molecule has 0 fully saturated rings. The lowest BCUT2D eigenvalue weighted by Gasteiger charge is -2.01. The lowest BCUT2D eigenvalue weighted by atomic mass is 10.3. The van der Waals surface area contributed by atoms with E-state index in [1.165, 1.54) is 6.08 Å². The predicted molar refractivity (Wildman–Crippen MR) is 76.3 cm³/mol. The quantitative estimate of drug-likeness (QED) is 0.738. The Hall–Kier alpha value is -2.96. The maximum Gasteiger partial charge on any atom is 0.328 e. The van der Waals surface area contributed by atoms with Crippen molar-refractivity contribution in [1.29, 1.82) is 0 Å². The third-order valence-electron chi connectivity index (χ3n) is 3.01. The molecule has 21 heavy (non-hydrogen) atoms. The molecule has 3 aromatic rings. The first-order chi connectivity index (χ1) is 10.1. The molecule has 0 unspecified atom stereocenters. The Morgan fingerprint density at radius 1 is 1.29 bits per heavy atom. The number of hydrogen-bond acceptors (Lipinski definition) is 4. The van der Waals surface area contributed by atoms with Crippen molar-refractivity contribution in [3.05, 3.63) is 47.8 Å². The summed E-state index contributed by atoms with van der Waals surface area (Å²) in [6.45, 7) is 3.63. The SMILES string of the molecule is Cc1nc(C)n(-c2nc3ccccn3c2C=CC(=O)O)n1. The molecule has 0 saturated heterocycles. The molecule has 1 N–H and O–H groups in total. The molecule has 3 aromatic heterocycles. The van der Waals surface area contributed by atoms with Crippen LogP contribution in [0.25, 0.3) is 17.5 Å². The molecular weight excluding hydrogens is 270 g/mol. The average Bonchev–Trinajstić information content (AvgIpc) is 2.96. The Morgan fingerprint density at radius 3 is 2.76 bits per heavy atom. The van der Waals surface area contributed by atoms with Crippen molar-refractivity contribution in [2.75, 3.05) is 0 Å². The van der Waals surface area contributed by atoms with E-state index in [4.69, 9.17) is 5.11 Å². The number of fused-ring (bicyclic) bond motifs is 1. The number of pyridine rings is 1. The third kappa shape index (κ3) is 2.29.